The lowest BCUT2D eigenvalue weighted by atomic mass is 9.93. The molecule has 0 radical (unpaired) electrons. The molecule has 1 fully saturated rings. The molecule has 2 rings (SSSR count). The lowest BCUT2D eigenvalue weighted by molar-refractivity contribution is -0.119. The van der Waals surface area contributed by atoms with Crippen LogP contribution in [0.15, 0.2) is 42.7 Å². The van der Waals surface area contributed by atoms with E-state index in [4.69, 9.17) is 5.73 Å². The van der Waals surface area contributed by atoms with Crippen LogP contribution in [-0.4, -0.2) is 23.1 Å². The topological polar surface area (TPSA) is 66.6 Å². The number of rotatable bonds is 6. The van der Waals surface area contributed by atoms with Crippen LogP contribution >= 0.6 is 0 Å². The monoisotopic (exact) mass is 302 g/mol. The predicted octanol–water partition coefficient (Wildman–Crippen LogP) is 3.53. The zero-order valence-corrected chi connectivity index (χ0v) is 13.1. The maximum atomic E-state index is 12.8. The Labute approximate surface area is 132 Å². The molecule has 1 aliphatic carbocycles. The third-order valence-corrected chi connectivity index (χ3v) is 4.18. The number of nitrogens with zero attached hydrogens (tertiary/aromatic N) is 1. The van der Waals surface area contributed by atoms with Gasteiger partial charge in [-0.25, -0.2) is 0 Å². The Bertz CT molecular complexity index is 495. The van der Waals surface area contributed by atoms with Crippen molar-refractivity contribution in [3.8, 4) is 0 Å². The van der Waals surface area contributed by atoms with Crippen LogP contribution < -0.4 is 10.6 Å². The van der Waals surface area contributed by atoms with Crippen molar-refractivity contribution in [2.45, 2.75) is 57.0 Å². The molecule has 1 unspecified atom stereocenters. The van der Waals surface area contributed by atoms with Crippen LogP contribution in [0.25, 0.3) is 0 Å². The van der Waals surface area contributed by atoms with Crippen LogP contribution in [0.3, 0.4) is 0 Å². The van der Waals surface area contributed by atoms with E-state index in [1.54, 1.807) is 0 Å². The summed E-state index contributed by atoms with van der Waals surface area (Å²) in [4.78, 5) is 14.7. The van der Waals surface area contributed by atoms with Crippen LogP contribution in [-0.2, 0) is 4.79 Å². The van der Waals surface area contributed by atoms with Crippen molar-refractivity contribution in [1.82, 2.24) is 0 Å². The summed E-state index contributed by atoms with van der Waals surface area (Å²) in [5.41, 5.74) is 6.89. The summed E-state index contributed by atoms with van der Waals surface area (Å²) < 4.78 is 0. The summed E-state index contributed by atoms with van der Waals surface area (Å²) in [5, 5.41) is 9.24. The molecule has 120 valence electrons. The average molecular weight is 302 g/mol. The van der Waals surface area contributed by atoms with Gasteiger partial charge in [0.05, 0.1) is 5.76 Å². The summed E-state index contributed by atoms with van der Waals surface area (Å²) in [6, 6.07) is 9.68. The first-order valence-corrected chi connectivity index (χ1v) is 8.07. The van der Waals surface area contributed by atoms with Crippen molar-refractivity contribution in [1.29, 1.82) is 0 Å². The van der Waals surface area contributed by atoms with Gasteiger partial charge < -0.3 is 15.7 Å². The van der Waals surface area contributed by atoms with E-state index in [2.05, 4.69) is 6.58 Å². The van der Waals surface area contributed by atoms with E-state index in [-0.39, 0.29) is 36.6 Å². The van der Waals surface area contributed by atoms with Crippen molar-refractivity contribution in [3.63, 3.8) is 0 Å². The quantitative estimate of drug-likeness (QED) is 0.790. The van der Waals surface area contributed by atoms with E-state index in [0.29, 0.717) is 0 Å². The van der Waals surface area contributed by atoms with Gasteiger partial charge in [0, 0.05) is 30.6 Å². The van der Waals surface area contributed by atoms with Crippen molar-refractivity contribution >= 4 is 11.6 Å². The Hall–Kier alpha value is -1.81. The molecule has 1 saturated carbocycles. The highest BCUT2D eigenvalue weighted by molar-refractivity contribution is 5.94. The molecule has 0 aliphatic heterocycles. The minimum atomic E-state index is -0.389. The van der Waals surface area contributed by atoms with Gasteiger partial charge in [-0.2, -0.15) is 0 Å². The number of anilines is 1. The van der Waals surface area contributed by atoms with E-state index in [0.717, 1.165) is 18.5 Å². The van der Waals surface area contributed by atoms with Gasteiger partial charge in [0.1, 0.15) is 0 Å². The van der Waals surface area contributed by atoms with Gasteiger partial charge in [0.15, 0.2) is 0 Å². The van der Waals surface area contributed by atoms with E-state index < -0.39 is 0 Å². The maximum absolute atomic E-state index is 12.8. The number of hydrogen-bond donors (Lipinski definition) is 2. The standard InChI is InChI=1S/C18H26N2O2/c1-14(21)12-15(19)13-18(22)20(16-8-4-2-5-9-16)17-10-6-3-7-11-17/h2,4-5,8-9,15,17,21H,1,3,6-7,10-13,19H2. The number of nitrogens with two attached hydrogens (primary N) is 1. The van der Waals surface area contributed by atoms with Crippen LogP contribution in [0.1, 0.15) is 44.9 Å². The van der Waals surface area contributed by atoms with Crippen molar-refractivity contribution in [2.24, 2.45) is 5.73 Å². The zero-order valence-electron chi connectivity index (χ0n) is 13.1. The highest BCUT2D eigenvalue weighted by Gasteiger charge is 2.27. The summed E-state index contributed by atoms with van der Waals surface area (Å²) in [6.45, 7) is 3.45. The number of amides is 1. The minimum Gasteiger partial charge on any atom is -0.513 e. The maximum Gasteiger partial charge on any atom is 0.228 e. The largest absolute Gasteiger partial charge is 0.513 e. The van der Waals surface area contributed by atoms with Crippen molar-refractivity contribution < 1.29 is 9.90 Å². The van der Waals surface area contributed by atoms with E-state index in [9.17, 15) is 9.90 Å². The molecule has 1 aromatic carbocycles. The molecule has 0 heterocycles. The zero-order chi connectivity index (χ0) is 15.9. The molecular formula is C18H26N2O2. The van der Waals surface area contributed by atoms with Gasteiger partial charge >= 0.3 is 0 Å². The third kappa shape index (κ3) is 4.60. The molecule has 0 saturated heterocycles. The molecule has 1 aromatic rings. The average Bonchev–Trinajstić information content (AvgIpc) is 2.48. The molecule has 0 aromatic heterocycles. The first kappa shape index (κ1) is 16.6. The van der Waals surface area contributed by atoms with Gasteiger partial charge in [-0.1, -0.05) is 44.0 Å². The predicted molar refractivity (Wildman–Crippen MR) is 89.8 cm³/mol. The summed E-state index contributed by atoms with van der Waals surface area (Å²) in [7, 11) is 0. The fourth-order valence-corrected chi connectivity index (χ4v) is 3.18. The molecule has 1 aliphatic rings. The second kappa shape index (κ2) is 7.99. The van der Waals surface area contributed by atoms with Crippen molar-refractivity contribution in [3.05, 3.63) is 42.7 Å². The smallest absolute Gasteiger partial charge is 0.228 e. The number of aliphatic hydroxyl groups is 1. The Morgan fingerprint density at radius 1 is 1.23 bits per heavy atom. The molecular weight excluding hydrogens is 276 g/mol. The number of benzene rings is 1. The first-order chi connectivity index (χ1) is 10.6. The van der Waals surface area contributed by atoms with Crippen LogP contribution in [0.5, 0.6) is 0 Å². The Morgan fingerprint density at radius 2 is 1.86 bits per heavy atom. The SMILES string of the molecule is C=C(O)CC(N)CC(=O)N(c1ccccc1)C1CCCCC1. The molecule has 0 bridgehead atoms. The Balaban J connectivity index is 2.13. The molecule has 22 heavy (non-hydrogen) atoms. The molecule has 0 spiro atoms. The highest BCUT2D eigenvalue weighted by atomic mass is 16.3. The van der Waals surface area contributed by atoms with Crippen LogP contribution in [0.2, 0.25) is 0 Å². The van der Waals surface area contributed by atoms with Gasteiger partial charge in [0.2, 0.25) is 5.91 Å². The minimum absolute atomic E-state index is 0.0317. The van der Waals surface area contributed by atoms with E-state index >= 15 is 0 Å². The van der Waals surface area contributed by atoms with Crippen LogP contribution in [0.4, 0.5) is 5.69 Å². The Kier molecular flexibility index (Phi) is 6.01. The molecule has 1 amide bonds. The second-order valence-corrected chi connectivity index (χ2v) is 6.13. The summed E-state index contributed by atoms with van der Waals surface area (Å²) in [5.74, 6) is 0.0658. The lowest BCUT2D eigenvalue weighted by Crippen LogP contribution is -2.44. The summed E-state index contributed by atoms with van der Waals surface area (Å²) in [6.07, 6.45) is 6.16. The van der Waals surface area contributed by atoms with Gasteiger partial charge in [-0.3, -0.25) is 4.79 Å². The number of carbonyl (C=O) groups is 1. The number of hydrogen-bond acceptors (Lipinski definition) is 3. The lowest BCUT2D eigenvalue weighted by Gasteiger charge is -2.35. The first-order valence-electron chi connectivity index (χ1n) is 8.07. The second-order valence-electron chi connectivity index (χ2n) is 6.13. The molecule has 4 nitrogen and oxygen atoms in total. The van der Waals surface area contributed by atoms with Crippen LogP contribution in [0, 0.1) is 0 Å². The highest BCUT2D eigenvalue weighted by Crippen LogP contribution is 2.28. The Morgan fingerprint density at radius 3 is 2.45 bits per heavy atom. The van der Waals surface area contributed by atoms with Crippen molar-refractivity contribution in [2.75, 3.05) is 4.90 Å². The normalized spacial score (nSPS) is 17.0. The molecule has 4 heteroatoms. The van der Waals surface area contributed by atoms with E-state index in [1.165, 1.54) is 19.3 Å². The third-order valence-electron chi connectivity index (χ3n) is 4.18. The fraction of sp³-hybridized carbons (Fsp3) is 0.500. The van der Waals surface area contributed by atoms with Gasteiger partial charge in [-0.15, -0.1) is 0 Å². The summed E-state index contributed by atoms with van der Waals surface area (Å²) >= 11 is 0. The number of carbonyl (C=O) groups excluding carboxylic acids is 1. The molecule has 1 atom stereocenters. The van der Waals surface area contributed by atoms with Gasteiger partial charge in [-0.05, 0) is 25.0 Å². The fourth-order valence-electron chi connectivity index (χ4n) is 3.18. The van der Waals surface area contributed by atoms with Gasteiger partial charge in [0.25, 0.3) is 0 Å². The number of para-hydroxylation sites is 1. The number of aliphatic hydroxyl groups excluding tert-OH is 1. The molecule has 3 N–H and O–H groups in total. The van der Waals surface area contributed by atoms with E-state index in [1.807, 2.05) is 35.2 Å².